The highest BCUT2D eigenvalue weighted by atomic mass is 79.9. The molecule has 21 heavy (non-hydrogen) atoms. The Kier molecular flexibility index (Phi) is 5.08. The molecule has 0 unspecified atom stereocenters. The molecule has 0 radical (unpaired) electrons. The molecule has 3 nitrogen and oxygen atoms in total. The number of nitrogens with two attached hydrogens (primary N) is 1. The molecule has 1 amide bonds. The van der Waals surface area contributed by atoms with Crippen LogP contribution in [0.2, 0.25) is 0 Å². The quantitative estimate of drug-likeness (QED) is 0.714. The molecule has 0 aliphatic heterocycles. The highest BCUT2D eigenvalue weighted by Gasteiger charge is 2.15. The lowest BCUT2D eigenvalue weighted by Gasteiger charge is -2.11. The maximum Gasteiger partial charge on any atom is 0.255 e. The van der Waals surface area contributed by atoms with Crippen LogP contribution < -0.4 is 11.1 Å². The molecule has 3 N–H and O–H groups in total. The van der Waals surface area contributed by atoms with Crippen LogP contribution in [0.15, 0.2) is 45.3 Å². The summed E-state index contributed by atoms with van der Waals surface area (Å²) in [5.41, 5.74) is 6.18. The summed E-state index contributed by atoms with van der Waals surface area (Å²) in [6, 6.07) is 9.37. The zero-order valence-corrected chi connectivity index (χ0v) is 14.5. The Morgan fingerprint density at radius 3 is 2.38 bits per heavy atom. The van der Waals surface area contributed by atoms with Gasteiger partial charge in [-0.3, -0.25) is 4.79 Å². The Labute approximate surface area is 143 Å². The van der Waals surface area contributed by atoms with Gasteiger partial charge in [0.15, 0.2) is 0 Å². The molecule has 2 rings (SSSR count). The van der Waals surface area contributed by atoms with Gasteiger partial charge in [-0.05, 0) is 30.3 Å². The second kappa shape index (κ2) is 6.64. The van der Waals surface area contributed by atoms with Crippen LogP contribution in [0.1, 0.15) is 15.9 Å². The monoisotopic (exact) mass is 430 g/mol. The van der Waals surface area contributed by atoms with Crippen molar-refractivity contribution in [3.8, 4) is 0 Å². The molecule has 0 saturated heterocycles. The van der Waals surface area contributed by atoms with E-state index in [2.05, 4.69) is 37.2 Å². The molecule has 2 aromatic rings. The zero-order chi connectivity index (χ0) is 15.6. The average molecular weight is 432 g/mol. The molecule has 7 heteroatoms. The van der Waals surface area contributed by atoms with Gasteiger partial charge in [0.25, 0.3) is 5.91 Å². The summed E-state index contributed by atoms with van der Waals surface area (Å²) in [7, 11) is 0. The van der Waals surface area contributed by atoms with Gasteiger partial charge in [0.05, 0.1) is 11.3 Å². The largest absolute Gasteiger partial charge is 0.389 e. The molecule has 0 aliphatic rings. The van der Waals surface area contributed by atoms with E-state index in [0.29, 0.717) is 5.56 Å². The first-order valence-corrected chi connectivity index (χ1v) is 7.73. The number of nitrogens with one attached hydrogen (secondary N) is 1. The normalized spacial score (nSPS) is 10.2. The van der Waals surface area contributed by atoms with Crippen molar-refractivity contribution in [1.82, 2.24) is 0 Å². The first kappa shape index (κ1) is 16.1. The van der Waals surface area contributed by atoms with Gasteiger partial charge in [0.1, 0.15) is 10.8 Å². The molecule has 0 saturated carbocycles. The number of halogens is 3. The fourth-order valence-electron chi connectivity index (χ4n) is 1.76. The molecule has 2 aromatic carbocycles. The molecular formula is C14H9Br2FN2OS. The van der Waals surface area contributed by atoms with Crippen molar-refractivity contribution in [3.63, 3.8) is 0 Å². The van der Waals surface area contributed by atoms with Crippen molar-refractivity contribution < 1.29 is 9.18 Å². The number of carbonyl (C=O) groups is 1. The Bertz CT molecular complexity index is 717. The lowest BCUT2D eigenvalue weighted by Crippen LogP contribution is -2.19. The number of thiocarbonyl (C=S) groups is 1. The van der Waals surface area contributed by atoms with E-state index in [1.807, 2.05) is 0 Å². The standard InChI is InChI=1S/C14H9Br2FN2OS/c15-8-4-7(5-9(16)6-8)14(20)19-11-3-1-2-10(17)12(11)13(18)21/h1-6H,(H2,18,21)(H,19,20). The van der Waals surface area contributed by atoms with E-state index in [9.17, 15) is 9.18 Å². The zero-order valence-electron chi connectivity index (χ0n) is 10.5. The van der Waals surface area contributed by atoms with Crippen molar-refractivity contribution in [2.75, 3.05) is 5.32 Å². The van der Waals surface area contributed by atoms with Crippen LogP contribution in [-0.4, -0.2) is 10.9 Å². The van der Waals surface area contributed by atoms with Gasteiger partial charge in [0, 0.05) is 14.5 Å². The summed E-state index contributed by atoms with van der Waals surface area (Å²) in [4.78, 5) is 12.1. The van der Waals surface area contributed by atoms with E-state index < -0.39 is 5.82 Å². The van der Waals surface area contributed by atoms with Crippen LogP contribution in [0.4, 0.5) is 10.1 Å². The summed E-state index contributed by atoms with van der Waals surface area (Å²) in [6.45, 7) is 0. The van der Waals surface area contributed by atoms with Crippen LogP contribution >= 0.6 is 44.1 Å². The van der Waals surface area contributed by atoms with E-state index in [-0.39, 0.29) is 22.1 Å². The molecule has 0 bridgehead atoms. The van der Waals surface area contributed by atoms with E-state index in [1.54, 1.807) is 24.3 Å². The number of anilines is 1. The van der Waals surface area contributed by atoms with E-state index in [4.69, 9.17) is 18.0 Å². The third-order valence-corrected chi connectivity index (χ3v) is 3.75. The van der Waals surface area contributed by atoms with Crippen LogP contribution in [0, 0.1) is 5.82 Å². The number of benzene rings is 2. The van der Waals surface area contributed by atoms with Crippen LogP contribution in [0.3, 0.4) is 0 Å². The number of rotatable bonds is 3. The highest BCUT2D eigenvalue weighted by Crippen LogP contribution is 2.23. The van der Waals surface area contributed by atoms with Gasteiger partial charge >= 0.3 is 0 Å². The minimum atomic E-state index is -0.573. The topological polar surface area (TPSA) is 55.1 Å². The Morgan fingerprint density at radius 2 is 1.81 bits per heavy atom. The van der Waals surface area contributed by atoms with Gasteiger partial charge in [-0.1, -0.05) is 50.1 Å². The van der Waals surface area contributed by atoms with E-state index in [1.165, 1.54) is 12.1 Å². The Morgan fingerprint density at radius 1 is 1.19 bits per heavy atom. The molecule has 0 heterocycles. The van der Waals surface area contributed by atoms with Crippen molar-refractivity contribution >= 4 is 60.7 Å². The van der Waals surface area contributed by atoms with Crippen molar-refractivity contribution in [2.24, 2.45) is 5.73 Å². The summed E-state index contributed by atoms with van der Waals surface area (Å²) >= 11 is 11.4. The number of hydrogen-bond donors (Lipinski definition) is 2. The summed E-state index contributed by atoms with van der Waals surface area (Å²) in [5, 5.41) is 2.62. The molecule has 0 aliphatic carbocycles. The van der Waals surface area contributed by atoms with E-state index in [0.717, 1.165) is 8.95 Å². The molecule has 0 fully saturated rings. The minimum absolute atomic E-state index is 0.0231. The van der Waals surface area contributed by atoms with Gasteiger partial charge < -0.3 is 11.1 Å². The summed E-state index contributed by atoms with van der Waals surface area (Å²) in [6.07, 6.45) is 0. The van der Waals surface area contributed by atoms with Crippen LogP contribution in [0.25, 0.3) is 0 Å². The number of amides is 1. The minimum Gasteiger partial charge on any atom is -0.389 e. The predicted molar refractivity (Wildman–Crippen MR) is 92.1 cm³/mol. The van der Waals surface area contributed by atoms with Gasteiger partial charge in [0.2, 0.25) is 0 Å². The third-order valence-electron chi connectivity index (χ3n) is 2.63. The van der Waals surface area contributed by atoms with Crippen LogP contribution in [-0.2, 0) is 0 Å². The molecule has 0 atom stereocenters. The maximum atomic E-state index is 13.7. The van der Waals surface area contributed by atoms with Crippen LogP contribution in [0.5, 0.6) is 0 Å². The second-order valence-corrected chi connectivity index (χ2v) is 6.41. The lowest BCUT2D eigenvalue weighted by molar-refractivity contribution is 0.102. The average Bonchev–Trinajstić information content (AvgIpc) is 2.37. The predicted octanol–water partition coefficient (Wildman–Crippen LogP) is 4.24. The van der Waals surface area contributed by atoms with Gasteiger partial charge in [-0.2, -0.15) is 0 Å². The molecule has 0 aromatic heterocycles. The summed E-state index contributed by atoms with van der Waals surface area (Å²) < 4.78 is 15.2. The summed E-state index contributed by atoms with van der Waals surface area (Å²) in [5.74, 6) is -0.962. The Hall–Kier alpha value is -1.31. The van der Waals surface area contributed by atoms with Crippen molar-refractivity contribution in [3.05, 3.63) is 62.3 Å². The number of carbonyl (C=O) groups excluding carboxylic acids is 1. The smallest absolute Gasteiger partial charge is 0.255 e. The van der Waals surface area contributed by atoms with Crippen molar-refractivity contribution in [2.45, 2.75) is 0 Å². The Balaban J connectivity index is 2.36. The molecule has 108 valence electrons. The highest BCUT2D eigenvalue weighted by molar-refractivity contribution is 9.11. The number of hydrogen-bond acceptors (Lipinski definition) is 2. The third kappa shape index (κ3) is 3.87. The molecular weight excluding hydrogens is 423 g/mol. The van der Waals surface area contributed by atoms with Crippen molar-refractivity contribution in [1.29, 1.82) is 0 Å². The van der Waals surface area contributed by atoms with E-state index >= 15 is 0 Å². The maximum absolute atomic E-state index is 13.7. The fourth-order valence-corrected chi connectivity index (χ4v) is 3.26. The molecule has 0 spiro atoms. The lowest BCUT2D eigenvalue weighted by atomic mass is 10.1. The first-order chi connectivity index (χ1) is 9.88. The SMILES string of the molecule is NC(=S)c1c(F)cccc1NC(=O)c1cc(Br)cc(Br)c1. The van der Waals surface area contributed by atoms with Gasteiger partial charge in [-0.25, -0.2) is 4.39 Å². The first-order valence-electron chi connectivity index (χ1n) is 5.74. The van der Waals surface area contributed by atoms with Gasteiger partial charge in [-0.15, -0.1) is 0 Å². The fraction of sp³-hybridized carbons (Fsp3) is 0. The second-order valence-electron chi connectivity index (χ2n) is 4.14.